The molecule has 48 heavy (non-hydrogen) atoms. The fourth-order valence-corrected chi connectivity index (χ4v) is 7.08. The number of piperidine rings is 1. The molecular formula is C34H51F3N8O2Si. The second-order valence-corrected chi connectivity index (χ2v) is 19.4. The summed E-state index contributed by atoms with van der Waals surface area (Å²) in [6.07, 6.45) is -1.55. The quantitative estimate of drug-likeness (QED) is 0.138. The minimum atomic E-state index is -4.49. The third kappa shape index (κ3) is 8.15. The molecule has 0 bridgehead atoms. The van der Waals surface area contributed by atoms with Crippen LogP contribution in [-0.2, 0) is 15.3 Å². The number of anilines is 3. The number of benzene rings is 1. The number of likely N-dealkylation sites (tertiary alicyclic amines) is 1. The van der Waals surface area contributed by atoms with Crippen molar-refractivity contribution in [1.82, 2.24) is 24.4 Å². The summed E-state index contributed by atoms with van der Waals surface area (Å²) in [4.78, 5) is 15.7. The normalized spacial score (nSPS) is 17.5. The summed E-state index contributed by atoms with van der Waals surface area (Å²) in [6.45, 7) is 18.3. The highest BCUT2D eigenvalue weighted by molar-refractivity contribution is 6.74. The van der Waals surface area contributed by atoms with E-state index in [4.69, 9.17) is 19.2 Å². The van der Waals surface area contributed by atoms with Gasteiger partial charge in [-0.15, -0.1) is 5.10 Å². The van der Waals surface area contributed by atoms with E-state index in [-0.39, 0.29) is 11.0 Å². The van der Waals surface area contributed by atoms with Gasteiger partial charge in [0.15, 0.2) is 25.6 Å². The first-order chi connectivity index (χ1) is 22.5. The van der Waals surface area contributed by atoms with Gasteiger partial charge in [-0.2, -0.15) is 17.7 Å². The molecule has 0 atom stereocenters. The highest BCUT2D eigenvalue weighted by Crippen LogP contribution is 2.44. The van der Waals surface area contributed by atoms with Crippen molar-refractivity contribution in [3.8, 4) is 0 Å². The summed E-state index contributed by atoms with van der Waals surface area (Å²) in [5.74, 6) is 0.952. The van der Waals surface area contributed by atoms with Crippen LogP contribution >= 0.6 is 0 Å². The van der Waals surface area contributed by atoms with Gasteiger partial charge in [-0.1, -0.05) is 26.8 Å². The van der Waals surface area contributed by atoms with Crippen LogP contribution in [0.2, 0.25) is 18.1 Å². The zero-order chi connectivity index (χ0) is 34.9. The molecule has 264 valence electrons. The SMILES string of the molecule is Cc1nc2c(/N=C/N(C)C)cc(N3CCOCC3)nn2c1Nc1cccc(C(F)(F)F)c1C1CCN(CCO[Si](C)(C)C(C)(C)C)CC1. The molecule has 10 nitrogen and oxygen atoms in total. The summed E-state index contributed by atoms with van der Waals surface area (Å²) in [7, 11) is 1.91. The molecule has 0 unspecified atom stereocenters. The maximum atomic E-state index is 14.6. The van der Waals surface area contributed by atoms with Crippen LogP contribution in [-0.4, -0.2) is 106 Å². The second kappa shape index (κ2) is 14.3. The maximum Gasteiger partial charge on any atom is 0.416 e. The molecule has 0 aliphatic carbocycles. The molecule has 2 saturated heterocycles. The number of hydrogen-bond donors (Lipinski definition) is 1. The molecular weight excluding hydrogens is 638 g/mol. The van der Waals surface area contributed by atoms with E-state index in [9.17, 15) is 13.2 Å². The number of aliphatic imine (C=N–C) groups is 1. The van der Waals surface area contributed by atoms with Crippen LogP contribution in [0.3, 0.4) is 0 Å². The Morgan fingerprint density at radius 2 is 1.79 bits per heavy atom. The number of halogens is 3. The first kappa shape index (κ1) is 36.1. The molecule has 5 rings (SSSR count). The Balaban J connectivity index is 1.45. The summed E-state index contributed by atoms with van der Waals surface area (Å²) < 4.78 is 57.4. The van der Waals surface area contributed by atoms with Crippen LogP contribution in [0.5, 0.6) is 0 Å². The molecule has 2 aliphatic rings. The lowest BCUT2D eigenvalue weighted by atomic mass is 9.85. The third-order valence-corrected chi connectivity index (χ3v) is 14.4. The first-order valence-electron chi connectivity index (χ1n) is 16.8. The monoisotopic (exact) mass is 688 g/mol. The Labute approximate surface area is 283 Å². The van der Waals surface area contributed by atoms with Gasteiger partial charge in [-0.25, -0.2) is 9.98 Å². The minimum Gasteiger partial charge on any atom is -0.416 e. The lowest BCUT2D eigenvalue weighted by Crippen LogP contribution is -2.43. The Morgan fingerprint density at radius 1 is 1.10 bits per heavy atom. The first-order valence-corrected chi connectivity index (χ1v) is 19.7. The van der Waals surface area contributed by atoms with E-state index in [1.54, 1.807) is 16.9 Å². The molecule has 4 heterocycles. The number of aromatic nitrogens is 3. The van der Waals surface area contributed by atoms with E-state index >= 15 is 0 Å². The molecule has 2 fully saturated rings. The van der Waals surface area contributed by atoms with Crippen LogP contribution < -0.4 is 10.2 Å². The zero-order valence-corrected chi connectivity index (χ0v) is 30.6. The molecule has 0 radical (unpaired) electrons. The molecule has 0 saturated carbocycles. The Hall–Kier alpha value is -3.20. The van der Waals surface area contributed by atoms with Crippen LogP contribution in [0.4, 0.5) is 36.2 Å². The molecule has 2 aliphatic heterocycles. The van der Waals surface area contributed by atoms with Crippen molar-refractivity contribution in [2.45, 2.75) is 70.8 Å². The van der Waals surface area contributed by atoms with Gasteiger partial charge >= 0.3 is 6.18 Å². The van der Waals surface area contributed by atoms with Gasteiger partial charge < -0.3 is 29.2 Å². The predicted octanol–water partition coefficient (Wildman–Crippen LogP) is 7.06. The van der Waals surface area contributed by atoms with Crippen LogP contribution in [0.15, 0.2) is 29.3 Å². The molecule has 1 N–H and O–H groups in total. The minimum absolute atomic E-state index is 0.129. The number of rotatable bonds is 10. The van der Waals surface area contributed by atoms with Crippen LogP contribution in [0.25, 0.3) is 5.65 Å². The van der Waals surface area contributed by atoms with E-state index in [0.717, 1.165) is 6.54 Å². The number of morpholine rings is 1. The highest BCUT2D eigenvalue weighted by atomic mass is 28.4. The van der Waals surface area contributed by atoms with Gasteiger partial charge in [0.05, 0.1) is 30.8 Å². The standard InChI is InChI=1S/C34H51F3N8O2Si/c1-24-31(45-32(39-24)28(38-23-42(5)6)22-29(41-45)44-17-19-46-20-18-44)40-27-11-9-10-26(34(35,36)37)30(27)25-12-14-43(15-13-25)16-21-47-48(7,8)33(2,3)4/h9-11,22-23,25,40H,12-21H2,1-8H3/b38-23+. The fourth-order valence-electron chi connectivity index (χ4n) is 6.04. The van der Waals surface area contributed by atoms with Gasteiger partial charge in [0.1, 0.15) is 5.69 Å². The molecule has 0 amide bonds. The average Bonchev–Trinajstić information content (AvgIpc) is 3.34. The van der Waals surface area contributed by atoms with E-state index in [2.05, 4.69) is 54.0 Å². The Bertz CT molecular complexity index is 1590. The lowest BCUT2D eigenvalue weighted by molar-refractivity contribution is -0.138. The Morgan fingerprint density at radius 3 is 2.42 bits per heavy atom. The number of alkyl halides is 3. The van der Waals surface area contributed by atoms with Crippen LogP contribution in [0, 0.1) is 6.92 Å². The van der Waals surface area contributed by atoms with Gasteiger partial charge in [-0.3, -0.25) is 0 Å². The predicted molar refractivity (Wildman–Crippen MR) is 189 cm³/mol. The highest BCUT2D eigenvalue weighted by Gasteiger charge is 2.39. The van der Waals surface area contributed by atoms with Crippen molar-refractivity contribution in [2.75, 3.05) is 76.9 Å². The smallest absolute Gasteiger partial charge is 0.416 e. The van der Waals surface area contributed by atoms with Crippen molar-refractivity contribution in [2.24, 2.45) is 4.99 Å². The van der Waals surface area contributed by atoms with E-state index in [0.29, 0.717) is 98.8 Å². The van der Waals surface area contributed by atoms with Crippen molar-refractivity contribution < 1.29 is 22.3 Å². The number of aryl methyl sites for hydroxylation is 1. The summed E-state index contributed by atoms with van der Waals surface area (Å²) in [6, 6.07) is 6.31. The Kier molecular flexibility index (Phi) is 10.8. The maximum absolute atomic E-state index is 14.6. The molecule has 0 spiro atoms. The lowest BCUT2D eigenvalue weighted by Gasteiger charge is -2.38. The number of ether oxygens (including phenoxy) is 1. The molecule has 14 heteroatoms. The second-order valence-electron chi connectivity index (χ2n) is 14.6. The number of nitrogens with one attached hydrogen (secondary N) is 1. The number of imidazole rings is 1. The number of fused-ring (bicyclic) bond motifs is 1. The van der Waals surface area contributed by atoms with Gasteiger partial charge in [0, 0.05) is 52.1 Å². The molecule has 3 aromatic rings. The van der Waals surface area contributed by atoms with Crippen molar-refractivity contribution in [3.05, 3.63) is 41.1 Å². The largest absolute Gasteiger partial charge is 0.416 e. The molecule has 2 aromatic heterocycles. The summed E-state index contributed by atoms with van der Waals surface area (Å²) in [5.41, 5.74) is 1.87. The van der Waals surface area contributed by atoms with Crippen molar-refractivity contribution in [1.29, 1.82) is 0 Å². The fraction of sp³-hybridized carbons (Fsp3) is 0.618. The van der Waals surface area contributed by atoms with Gasteiger partial charge in [0.2, 0.25) is 0 Å². The van der Waals surface area contributed by atoms with E-state index in [1.807, 2.05) is 32.0 Å². The summed E-state index contributed by atoms with van der Waals surface area (Å²) in [5, 5.41) is 8.43. The van der Waals surface area contributed by atoms with Crippen molar-refractivity contribution in [3.63, 3.8) is 0 Å². The van der Waals surface area contributed by atoms with Gasteiger partial charge in [-0.05, 0) is 74.6 Å². The van der Waals surface area contributed by atoms with Crippen molar-refractivity contribution >= 4 is 43.3 Å². The topological polar surface area (TPSA) is 82.8 Å². The van der Waals surface area contributed by atoms with E-state index in [1.165, 1.54) is 12.1 Å². The van der Waals surface area contributed by atoms with E-state index < -0.39 is 20.1 Å². The number of hydrogen-bond acceptors (Lipinski definition) is 8. The third-order valence-electron chi connectivity index (χ3n) is 9.83. The van der Waals surface area contributed by atoms with Crippen LogP contribution in [0.1, 0.15) is 56.4 Å². The molecule has 1 aromatic carbocycles. The zero-order valence-electron chi connectivity index (χ0n) is 29.6. The summed E-state index contributed by atoms with van der Waals surface area (Å²) >= 11 is 0. The number of nitrogens with zero attached hydrogens (tertiary/aromatic N) is 7. The average molecular weight is 689 g/mol. The van der Waals surface area contributed by atoms with Gasteiger partial charge in [0.25, 0.3) is 0 Å².